The van der Waals surface area contributed by atoms with Crippen LogP contribution in [0.3, 0.4) is 0 Å². The van der Waals surface area contributed by atoms with Gasteiger partial charge in [-0.3, -0.25) is 14.7 Å². The molecule has 1 unspecified atom stereocenters. The smallest absolute Gasteiger partial charge is 0.319 e. The summed E-state index contributed by atoms with van der Waals surface area (Å²) in [6.45, 7) is 6.05. The quantitative estimate of drug-likeness (QED) is 0.357. The molecule has 2 aromatic carbocycles. The summed E-state index contributed by atoms with van der Waals surface area (Å²) in [5, 5.41) is 18.6. The maximum Gasteiger partial charge on any atom is 0.319 e. The highest BCUT2D eigenvalue weighted by Crippen LogP contribution is 2.29. The highest BCUT2D eigenvalue weighted by Gasteiger charge is 2.31. The molecule has 0 aliphatic carbocycles. The van der Waals surface area contributed by atoms with Crippen LogP contribution in [0.15, 0.2) is 53.9 Å². The topological polar surface area (TPSA) is 128 Å². The number of halogens is 1. The third-order valence-electron chi connectivity index (χ3n) is 5.67. The van der Waals surface area contributed by atoms with Gasteiger partial charge < -0.3 is 21.3 Å². The molecular formula is C25H27FN6O3. The molecule has 0 radical (unpaired) electrons. The standard InChI is InChI=1S/C25H27FN6O3/c1-13(2)11-27-21(33)10-16-8-15(4-6-19(16)26)23-22(14(3)29-25(35)31-23)24(34)30-18-5-7-20-17(9-18)12-28-32-20/h4-9,12-13,23H,10-11H2,1-3H3,(H,27,33)(H,28,32)(H,30,34)(H2,29,31,35). The summed E-state index contributed by atoms with van der Waals surface area (Å²) in [6.07, 6.45) is 1.50. The second-order valence-corrected chi connectivity index (χ2v) is 8.92. The molecule has 0 saturated carbocycles. The number of nitrogens with one attached hydrogen (secondary N) is 5. The van der Waals surface area contributed by atoms with Crippen LogP contribution in [-0.4, -0.2) is 34.6 Å². The van der Waals surface area contributed by atoms with Gasteiger partial charge >= 0.3 is 6.03 Å². The minimum atomic E-state index is -0.834. The first kappa shape index (κ1) is 23.9. The van der Waals surface area contributed by atoms with E-state index in [2.05, 4.69) is 31.5 Å². The van der Waals surface area contributed by atoms with Gasteiger partial charge in [0.05, 0.1) is 29.7 Å². The first-order chi connectivity index (χ1) is 16.7. The highest BCUT2D eigenvalue weighted by atomic mass is 19.1. The van der Waals surface area contributed by atoms with Crippen molar-refractivity contribution < 1.29 is 18.8 Å². The lowest BCUT2D eigenvalue weighted by Crippen LogP contribution is -2.46. The van der Waals surface area contributed by atoms with Crippen LogP contribution in [0.5, 0.6) is 0 Å². The number of fused-ring (bicyclic) bond motifs is 1. The van der Waals surface area contributed by atoms with Gasteiger partial charge in [-0.1, -0.05) is 19.9 Å². The Morgan fingerprint density at radius 2 is 1.97 bits per heavy atom. The molecule has 1 aliphatic rings. The molecule has 0 bridgehead atoms. The van der Waals surface area contributed by atoms with E-state index in [-0.39, 0.29) is 29.4 Å². The number of H-pyrrole nitrogens is 1. The molecule has 1 atom stereocenters. The molecular weight excluding hydrogens is 451 g/mol. The summed E-state index contributed by atoms with van der Waals surface area (Å²) in [5.41, 5.74) is 2.71. The minimum Gasteiger partial charge on any atom is -0.356 e. The summed E-state index contributed by atoms with van der Waals surface area (Å²) in [7, 11) is 0. The van der Waals surface area contributed by atoms with Crippen LogP contribution in [-0.2, 0) is 16.0 Å². The van der Waals surface area contributed by atoms with Crippen LogP contribution in [0, 0.1) is 11.7 Å². The molecule has 0 fully saturated rings. The SMILES string of the molecule is CC1=C(C(=O)Nc2ccc3[nH]ncc3c2)C(c2ccc(F)c(CC(=O)NCC(C)C)c2)NC(=O)N1. The van der Waals surface area contributed by atoms with Crippen molar-refractivity contribution in [3.8, 4) is 0 Å². The lowest BCUT2D eigenvalue weighted by atomic mass is 9.93. The number of hydrogen-bond acceptors (Lipinski definition) is 4. The van der Waals surface area contributed by atoms with Gasteiger partial charge in [0.1, 0.15) is 5.82 Å². The molecule has 3 aromatic rings. The zero-order chi connectivity index (χ0) is 25.1. The van der Waals surface area contributed by atoms with Crippen LogP contribution in [0.1, 0.15) is 37.9 Å². The Morgan fingerprint density at radius 3 is 2.74 bits per heavy atom. The van der Waals surface area contributed by atoms with Gasteiger partial charge in [0.25, 0.3) is 5.91 Å². The third-order valence-corrected chi connectivity index (χ3v) is 5.67. The number of aromatic amines is 1. The van der Waals surface area contributed by atoms with Gasteiger partial charge in [-0.05, 0) is 54.3 Å². The lowest BCUT2D eigenvalue weighted by molar-refractivity contribution is -0.120. The number of hydrogen-bond donors (Lipinski definition) is 5. The minimum absolute atomic E-state index is 0.153. The first-order valence-electron chi connectivity index (χ1n) is 11.3. The third kappa shape index (κ3) is 5.48. The number of benzene rings is 2. The fraction of sp³-hybridized carbons (Fsp3) is 0.280. The van der Waals surface area contributed by atoms with Crippen molar-refractivity contribution in [2.24, 2.45) is 5.92 Å². The van der Waals surface area contributed by atoms with E-state index in [0.717, 1.165) is 10.9 Å². The van der Waals surface area contributed by atoms with E-state index in [1.54, 1.807) is 31.3 Å². The molecule has 4 amide bonds. The first-order valence-corrected chi connectivity index (χ1v) is 11.3. The van der Waals surface area contributed by atoms with Crippen molar-refractivity contribution >= 4 is 34.4 Å². The number of carbonyl (C=O) groups is 3. The molecule has 10 heteroatoms. The second kappa shape index (κ2) is 9.96. The van der Waals surface area contributed by atoms with Gasteiger partial charge in [-0.15, -0.1) is 0 Å². The summed E-state index contributed by atoms with van der Waals surface area (Å²) < 4.78 is 14.5. The molecule has 0 saturated heterocycles. The summed E-state index contributed by atoms with van der Waals surface area (Å²) >= 11 is 0. The molecule has 9 nitrogen and oxygen atoms in total. The fourth-order valence-corrected chi connectivity index (χ4v) is 3.93. The van der Waals surface area contributed by atoms with E-state index >= 15 is 0 Å². The molecule has 182 valence electrons. The summed E-state index contributed by atoms with van der Waals surface area (Å²) in [5.74, 6) is -0.996. The van der Waals surface area contributed by atoms with Crippen LogP contribution < -0.4 is 21.3 Å². The van der Waals surface area contributed by atoms with Gasteiger partial charge in [-0.2, -0.15) is 5.10 Å². The van der Waals surface area contributed by atoms with E-state index in [1.165, 1.54) is 18.2 Å². The van der Waals surface area contributed by atoms with Crippen molar-refractivity contribution in [1.82, 2.24) is 26.1 Å². The monoisotopic (exact) mass is 478 g/mol. The predicted molar refractivity (Wildman–Crippen MR) is 130 cm³/mol. The maximum atomic E-state index is 14.5. The van der Waals surface area contributed by atoms with Crippen LogP contribution in [0.25, 0.3) is 10.9 Å². The van der Waals surface area contributed by atoms with E-state index in [9.17, 15) is 18.8 Å². The Hall–Kier alpha value is -4.21. The van der Waals surface area contributed by atoms with Crippen LogP contribution >= 0.6 is 0 Å². The van der Waals surface area contributed by atoms with E-state index in [4.69, 9.17) is 0 Å². The number of urea groups is 1. The van der Waals surface area contributed by atoms with Gasteiger partial charge in [0.2, 0.25) is 5.91 Å². The van der Waals surface area contributed by atoms with Crippen LogP contribution in [0.2, 0.25) is 0 Å². The number of rotatable bonds is 7. The summed E-state index contributed by atoms with van der Waals surface area (Å²) in [6, 6.07) is 8.26. The Balaban J connectivity index is 1.60. The van der Waals surface area contributed by atoms with E-state index in [1.807, 2.05) is 13.8 Å². The Bertz CT molecular complexity index is 1330. The van der Waals surface area contributed by atoms with Gasteiger partial charge in [0, 0.05) is 23.3 Å². The number of nitrogens with zero attached hydrogens (tertiary/aromatic N) is 1. The van der Waals surface area contributed by atoms with Crippen molar-refractivity contribution in [3.05, 3.63) is 70.8 Å². The predicted octanol–water partition coefficient (Wildman–Crippen LogP) is 3.28. The fourth-order valence-electron chi connectivity index (χ4n) is 3.93. The van der Waals surface area contributed by atoms with Crippen molar-refractivity contribution in [2.45, 2.75) is 33.2 Å². The maximum absolute atomic E-state index is 14.5. The van der Waals surface area contributed by atoms with Crippen molar-refractivity contribution in [3.63, 3.8) is 0 Å². The molecule has 5 N–H and O–H groups in total. The van der Waals surface area contributed by atoms with Gasteiger partial charge in [0.15, 0.2) is 0 Å². The number of carbonyl (C=O) groups excluding carboxylic acids is 3. The number of allylic oxidation sites excluding steroid dienone is 1. The number of amides is 4. The Kier molecular flexibility index (Phi) is 6.81. The molecule has 4 rings (SSSR count). The molecule has 1 aliphatic heterocycles. The lowest BCUT2D eigenvalue weighted by Gasteiger charge is -2.29. The molecule has 35 heavy (non-hydrogen) atoms. The number of anilines is 1. The zero-order valence-corrected chi connectivity index (χ0v) is 19.7. The van der Waals surface area contributed by atoms with Crippen LogP contribution in [0.4, 0.5) is 14.9 Å². The zero-order valence-electron chi connectivity index (χ0n) is 19.7. The number of aromatic nitrogens is 2. The Labute approximate surface area is 201 Å². The van der Waals surface area contributed by atoms with E-state index < -0.39 is 23.8 Å². The average molecular weight is 479 g/mol. The normalized spacial score (nSPS) is 15.7. The van der Waals surface area contributed by atoms with E-state index in [0.29, 0.717) is 23.5 Å². The Morgan fingerprint density at radius 1 is 1.17 bits per heavy atom. The highest BCUT2D eigenvalue weighted by molar-refractivity contribution is 6.07. The second-order valence-electron chi connectivity index (χ2n) is 8.92. The van der Waals surface area contributed by atoms with Crippen molar-refractivity contribution in [2.75, 3.05) is 11.9 Å². The van der Waals surface area contributed by atoms with Crippen molar-refractivity contribution in [1.29, 1.82) is 0 Å². The molecule has 0 spiro atoms. The summed E-state index contributed by atoms with van der Waals surface area (Å²) in [4.78, 5) is 37.8. The molecule has 2 heterocycles. The average Bonchev–Trinajstić information content (AvgIpc) is 3.26. The van der Waals surface area contributed by atoms with Gasteiger partial charge in [-0.25, -0.2) is 9.18 Å². The largest absolute Gasteiger partial charge is 0.356 e. The molecule has 1 aromatic heterocycles.